The fourth-order valence-electron chi connectivity index (χ4n) is 3.05. The zero-order chi connectivity index (χ0) is 24.7. The molecule has 0 amide bonds. The molecular formula is C21H27N6O6P. The summed E-state index contributed by atoms with van der Waals surface area (Å²) in [4.78, 5) is 35.2. The number of imidazole rings is 1. The summed E-state index contributed by atoms with van der Waals surface area (Å²) >= 11 is 0. The van der Waals surface area contributed by atoms with Crippen LogP contribution in [0.4, 0.5) is 5.82 Å². The number of esters is 1. The van der Waals surface area contributed by atoms with Crippen LogP contribution in [0.25, 0.3) is 11.2 Å². The third-order valence-electron chi connectivity index (χ3n) is 4.54. The van der Waals surface area contributed by atoms with Crippen molar-refractivity contribution in [3.63, 3.8) is 0 Å². The van der Waals surface area contributed by atoms with Crippen molar-refractivity contribution in [1.82, 2.24) is 24.6 Å². The second-order valence-electron chi connectivity index (χ2n) is 7.88. The minimum atomic E-state index is -3.68. The number of nitrogens with one attached hydrogen (secondary N) is 1. The van der Waals surface area contributed by atoms with Gasteiger partial charge >= 0.3 is 13.5 Å². The minimum absolute atomic E-state index is 0.0513. The molecule has 0 fully saturated rings. The minimum Gasteiger partial charge on any atom is -0.462 e. The summed E-state index contributed by atoms with van der Waals surface area (Å²) in [5.74, 6) is -0.237. The summed E-state index contributed by atoms with van der Waals surface area (Å²) in [6.07, 6.45) is 1.65. The van der Waals surface area contributed by atoms with Crippen molar-refractivity contribution in [3.05, 3.63) is 47.9 Å². The Morgan fingerprint density at radius 2 is 1.88 bits per heavy atom. The molecule has 0 aliphatic rings. The van der Waals surface area contributed by atoms with Gasteiger partial charge in [-0.3, -0.25) is 9.36 Å². The van der Waals surface area contributed by atoms with Gasteiger partial charge in [-0.15, -0.1) is 4.91 Å². The molecule has 182 valence electrons. The number of nitrogens with zero attached hydrogens (tertiary/aromatic N) is 5. The van der Waals surface area contributed by atoms with E-state index in [0.29, 0.717) is 17.9 Å². The first kappa shape index (κ1) is 25.4. The van der Waals surface area contributed by atoms with E-state index in [4.69, 9.17) is 14.0 Å². The van der Waals surface area contributed by atoms with Gasteiger partial charge in [0.2, 0.25) is 5.82 Å². The number of fused-ring (bicyclic) bond motifs is 1. The van der Waals surface area contributed by atoms with Crippen LogP contribution in [-0.4, -0.2) is 50.1 Å². The predicted octanol–water partition coefficient (Wildman–Crippen LogP) is 3.79. The van der Waals surface area contributed by atoms with Gasteiger partial charge in [-0.1, -0.05) is 18.2 Å². The molecular weight excluding hydrogens is 463 g/mol. The second-order valence-corrected chi connectivity index (χ2v) is 9.92. The topological polar surface area (TPSA) is 147 Å². The quantitative estimate of drug-likeness (QED) is 0.226. The molecule has 0 saturated heterocycles. The number of carbonyl (C=O) groups excluding carboxylic acids is 1. The van der Waals surface area contributed by atoms with E-state index in [2.05, 4.69) is 25.2 Å². The zero-order valence-electron chi connectivity index (χ0n) is 19.3. The van der Waals surface area contributed by atoms with Gasteiger partial charge in [0.25, 0.3) is 0 Å². The number of nitroso groups, excluding NO2 is 1. The van der Waals surface area contributed by atoms with Gasteiger partial charge in [-0.05, 0) is 45.0 Å². The molecule has 0 aliphatic heterocycles. The molecule has 0 spiro atoms. The van der Waals surface area contributed by atoms with Gasteiger partial charge in [-0.25, -0.2) is 20.0 Å². The molecule has 1 aromatic carbocycles. The summed E-state index contributed by atoms with van der Waals surface area (Å²) in [5, 5.41) is 5.60. The third-order valence-corrected chi connectivity index (χ3v) is 6.32. The number of carbonyl (C=O) groups is 1. The van der Waals surface area contributed by atoms with Gasteiger partial charge in [0.1, 0.15) is 24.5 Å². The third kappa shape index (κ3) is 6.66. The average Bonchev–Trinajstić information content (AvgIpc) is 3.20. The van der Waals surface area contributed by atoms with Crippen molar-refractivity contribution in [2.75, 3.05) is 6.35 Å². The average molecular weight is 490 g/mol. The number of benzene rings is 1. The van der Waals surface area contributed by atoms with E-state index in [1.165, 1.54) is 12.7 Å². The van der Waals surface area contributed by atoms with Crippen molar-refractivity contribution < 1.29 is 23.4 Å². The molecule has 0 radical (unpaired) electrons. The maximum absolute atomic E-state index is 13.6. The molecule has 34 heavy (non-hydrogen) atoms. The Balaban J connectivity index is 1.71. The lowest BCUT2D eigenvalue weighted by molar-refractivity contribution is -0.149. The lowest BCUT2D eigenvalue weighted by atomic mass is 10.3. The Morgan fingerprint density at radius 3 is 2.56 bits per heavy atom. The van der Waals surface area contributed by atoms with Crippen LogP contribution in [0.3, 0.4) is 0 Å². The Hall–Kier alpha value is -3.21. The van der Waals surface area contributed by atoms with E-state index in [0.717, 1.165) is 0 Å². The van der Waals surface area contributed by atoms with Crippen molar-refractivity contribution in [2.45, 2.75) is 52.5 Å². The van der Waals surface area contributed by atoms with Gasteiger partial charge in [0.15, 0.2) is 11.2 Å². The van der Waals surface area contributed by atoms with E-state index in [1.807, 2.05) is 0 Å². The molecule has 2 aromatic heterocycles. The lowest BCUT2D eigenvalue weighted by Crippen LogP contribution is -2.37. The van der Waals surface area contributed by atoms with Crippen LogP contribution in [0.1, 0.15) is 27.7 Å². The first-order chi connectivity index (χ1) is 16.2. The Morgan fingerprint density at radius 1 is 1.15 bits per heavy atom. The van der Waals surface area contributed by atoms with E-state index in [-0.39, 0.29) is 23.8 Å². The molecule has 1 N–H and O–H groups in total. The first-order valence-corrected chi connectivity index (χ1v) is 12.4. The summed E-state index contributed by atoms with van der Waals surface area (Å²) in [7, 11) is -3.68. The van der Waals surface area contributed by atoms with E-state index in [9.17, 15) is 14.3 Å². The predicted molar refractivity (Wildman–Crippen MR) is 125 cm³/mol. The molecule has 0 aliphatic carbocycles. The molecule has 12 nitrogen and oxygen atoms in total. The summed E-state index contributed by atoms with van der Waals surface area (Å²) in [6.45, 7) is 7.07. The van der Waals surface area contributed by atoms with Crippen molar-refractivity contribution >= 4 is 30.5 Å². The van der Waals surface area contributed by atoms with Crippen LogP contribution in [0.2, 0.25) is 0 Å². The number of aromatic nitrogens is 4. The molecule has 3 aromatic rings. The van der Waals surface area contributed by atoms with E-state index < -0.39 is 25.6 Å². The van der Waals surface area contributed by atoms with Gasteiger partial charge in [0, 0.05) is 0 Å². The molecule has 1 unspecified atom stereocenters. The van der Waals surface area contributed by atoms with Crippen LogP contribution in [-0.2, 0) is 25.4 Å². The van der Waals surface area contributed by atoms with Crippen LogP contribution >= 0.6 is 7.52 Å². The van der Waals surface area contributed by atoms with Gasteiger partial charge < -0.3 is 18.6 Å². The molecule has 0 saturated carbocycles. The van der Waals surface area contributed by atoms with Crippen LogP contribution in [0.5, 0.6) is 5.75 Å². The van der Waals surface area contributed by atoms with E-state index >= 15 is 0 Å². The number of hydrogen-bond acceptors (Lipinski definition) is 10. The Labute approximate surface area is 196 Å². The van der Waals surface area contributed by atoms with Crippen LogP contribution in [0.15, 0.2) is 48.2 Å². The maximum atomic E-state index is 13.6. The molecule has 3 atom stereocenters. The fraction of sp³-hybridized carbons (Fsp3) is 0.429. The second kappa shape index (κ2) is 11.3. The van der Waals surface area contributed by atoms with Crippen molar-refractivity contribution in [3.8, 4) is 5.75 Å². The summed E-state index contributed by atoms with van der Waals surface area (Å²) in [6, 6.07) is 7.72. The van der Waals surface area contributed by atoms with Gasteiger partial charge in [-0.2, -0.15) is 0 Å². The first-order valence-electron chi connectivity index (χ1n) is 10.6. The van der Waals surface area contributed by atoms with E-state index in [1.54, 1.807) is 62.6 Å². The lowest BCUT2D eigenvalue weighted by Gasteiger charge is -2.25. The normalized spacial score (nSPS) is 15.0. The maximum Gasteiger partial charge on any atom is 0.342 e. The molecule has 2 heterocycles. The largest absolute Gasteiger partial charge is 0.462 e. The monoisotopic (exact) mass is 490 g/mol. The number of hydrogen-bond donors (Lipinski definition) is 1. The number of para-hydroxylation sites is 1. The van der Waals surface area contributed by atoms with Crippen molar-refractivity contribution in [2.24, 2.45) is 5.18 Å². The van der Waals surface area contributed by atoms with Crippen LogP contribution < -0.4 is 9.61 Å². The van der Waals surface area contributed by atoms with Crippen molar-refractivity contribution in [1.29, 1.82) is 0 Å². The number of ether oxygens (including phenoxy) is 2. The van der Waals surface area contributed by atoms with Crippen LogP contribution in [0, 0.1) is 4.91 Å². The molecule has 3 rings (SSSR count). The highest BCUT2D eigenvalue weighted by Gasteiger charge is 2.32. The fourth-order valence-corrected chi connectivity index (χ4v) is 4.84. The standard InChI is InChI=1S/C21H27N6O6P/c1-14(2)32-21(28)16(4)26-34(30,33-17-8-6-5-7-9-17)13-31-15(3)10-27-12-24-18-19(25-29)22-11-23-20(18)27/h5-9,11-12,14-16H,10,13H2,1-4H3,(H,26,30)/t15-,16-,34?/m1/s1. The van der Waals surface area contributed by atoms with Gasteiger partial charge in [0.05, 0.1) is 25.1 Å². The SMILES string of the molecule is CC(C)OC(=O)[C@@H](C)NP(=O)(CO[C@H](C)Cn1cnc2c(N=O)ncnc21)Oc1ccccc1. The number of rotatable bonds is 12. The Kier molecular flexibility index (Phi) is 8.43. The highest BCUT2D eigenvalue weighted by Crippen LogP contribution is 2.44. The highest BCUT2D eigenvalue weighted by atomic mass is 31.2. The molecule has 13 heteroatoms. The zero-order valence-corrected chi connectivity index (χ0v) is 20.2. The molecule has 0 bridgehead atoms. The summed E-state index contributed by atoms with van der Waals surface area (Å²) in [5.41, 5.74) is 0.703. The highest BCUT2D eigenvalue weighted by molar-refractivity contribution is 7.57. The smallest absolute Gasteiger partial charge is 0.342 e. The summed E-state index contributed by atoms with van der Waals surface area (Å²) < 4.78 is 32.1. The Bertz CT molecular complexity index is 1170.